The van der Waals surface area contributed by atoms with Gasteiger partial charge in [-0.05, 0) is 5.56 Å². The summed E-state index contributed by atoms with van der Waals surface area (Å²) in [5, 5.41) is 14.2. The second-order valence-corrected chi connectivity index (χ2v) is 6.12. The lowest BCUT2D eigenvalue weighted by molar-refractivity contribution is 0.588. The zero-order valence-corrected chi connectivity index (χ0v) is 12.6. The van der Waals surface area contributed by atoms with Crippen LogP contribution in [0.25, 0.3) is 0 Å². The van der Waals surface area contributed by atoms with Gasteiger partial charge in [0.05, 0.1) is 0 Å². The average Bonchev–Trinajstić information content (AvgIpc) is 2.87. The van der Waals surface area contributed by atoms with Gasteiger partial charge in [0, 0.05) is 24.9 Å². The molecule has 0 aliphatic rings. The summed E-state index contributed by atoms with van der Waals surface area (Å²) in [6, 6.07) is 11.0. The van der Waals surface area contributed by atoms with E-state index in [-0.39, 0.29) is 0 Å². The van der Waals surface area contributed by atoms with E-state index in [1.54, 1.807) is 11.3 Å². The maximum atomic E-state index is 4.33. The van der Waals surface area contributed by atoms with Crippen molar-refractivity contribution >= 4 is 11.3 Å². The number of hydrogen-bond acceptors (Lipinski definition) is 4. The number of benzene rings is 1. The Balaban J connectivity index is 1.97. The molecule has 3 nitrogen and oxygen atoms in total. The number of rotatable bonds is 6. The van der Waals surface area contributed by atoms with Gasteiger partial charge in [-0.1, -0.05) is 51.1 Å². The van der Waals surface area contributed by atoms with Crippen LogP contribution in [0.5, 0.6) is 0 Å². The molecule has 2 rings (SSSR count). The van der Waals surface area contributed by atoms with Crippen LogP contribution in [0.15, 0.2) is 30.3 Å². The number of nitrogens with zero attached hydrogens (tertiary/aromatic N) is 2. The average molecular weight is 275 g/mol. The Morgan fingerprint density at radius 2 is 1.84 bits per heavy atom. The minimum absolute atomic E-state index is 0.325. The van der Waals surface area contributed by atoms with Crippen molar-refractivity contribution in [3.05, 3.63) is 45.9 Å². The summed E-state index contributed by atoms with van der Waals surface area (Å²) in [7, 11) is 0. The molecule has 0 spiro atoms. The molecule has 1 heterocycles. The smallest absolute Gasteiger partial charge is 0.124 e. The highest BCUT2D eigenvalue weighted by atomic mass is 32.1. The van der Waals surface area contributed by atoms with E-state index < -0.39 is 0 Å². The van der Waals surface area contributed by atoms with Crippen LogP contribution in [-0.2, 0) is 6.42 Å². The lowest BCUT2D eigenvalue weighted by atomic mass is 10.0. The Bertz CT molecular complexity index is 493. The highest BCUT2D eigenvalue weighted by molar-refractivity contribution is 7.11. The molecule has 4 heteroatoms. The van der Waals surface area contributed by atoms with E-state index in [0.717, 1.165) is 23.0 Å². The zero-order chi connectivity index (χ0) is 13.7. The first-order valence-electron chi connectivity index (χ1n) is 6.77. The first kappa shape index (κ1) is 14.2. The fraction of sp³-hybridized carbons (Fsp3) is 0.467. The van der Waals surface area contributed by atoms with Crippen molar-refractivity contribution in [1.29, 1.82) is 0 Å². The maximum Gasteiger partial charge on any atom is 0.124 e. The van der Waals surface area contributed by atoms with Gasteiger partial charge in [-0.15, -0.1) is 21.5 Å². The molecule has 0 fully saturated rings. The quantitative estimate of drug-likeness (QED) is 0.879. The van der Waals surface area contributed by atoms with Gasteiger partial charge in [-0.25, -0.2) is 0 Å². The van der Waals surface area contributed by atoms with Crippen LogP contribution in [0.4, 0.5) is 0 Å². The van der Waals surface area contributed by atoms with E-state index in [1.807, 2.05) is 6.07 Å². The molecule has 1 atom stereocenters. The Morgan fingerprint density at radius 3 is 2.53 bits per heavy atom. The molecular formula is C15H21N3S. The van der Waals surface area contributed by atoms with Crippen LogP contribution in [0.2, 0.25) is 0 Å². The largest absolute Gasteiger partial charge is 0.314 e. The van der Waals surface area contributed by atoms with Crippen LogP contribution < -0.4 is 5.32 Å². The van der Waals surface area contributed by atoms with Gasteiger partial charge in [0.25, 0.3) is 0 Å². The van der Waals surface area contributed by atoms with Crippen molar-refractivity contribution in [3.63, 3.8) is 0 Å². The van der Waals surface area contributed by atoms with Gasteiger partial charge in [0.1, 0.15) is 10.0 Å². The predicted molar refractivity (Wildman–Crippen MR) is 80.7 cm³/mol. The maximum absolute atomic E-state index is 4.33. The molecule has 0 bridgehead atoms. The highest BCUT2D eigenvalue weighted by Gasteiger charge is 2.13. The van der Waals surface area contributed by atoms with Crippen LogP contribution in [0, 0.1) is 0 Å². The van der Waals surface area contributed by atoms with E-state index in [2.05, 4.69) is 60.6 Å². The highest BCUT2D eigenvalue weighted by Crippen LogP contribution is 2.26. The third-order valence-corrected chi connectivity index (χ3v) is 4.21. The normalized spacial score (nSPS) is 12.8. The summed E-state index contributed by atoms with van der Waals surface area (Å²) in [6.45, 7) is 7.46. The molecule has 0 amide bonds. The molecule has 0 saturated carbocycles. The molecular weight excluding hydrogens is 254 g/mol. The van der Waals surface area contributed by atoms with Crippen molar-refractivity contribution < 1.29 is 0 Å². The molecule has 1 aromatic carbocycles. The lowest BCUT2D eigenvalue weighted by Gasteiger charge is -2.07. The number of nitrogens with one attached hydrogen (secondary N) is 1. The third kappa shape index (κ3) is 4.11. The SMILES string of the molecule is CC(C)NCCc1nnc(C(C)c2ccccc2)s1. The summed E-state index contributed by atoms with van der Waals surface area (Å²) in [4.78, 5) is 0. The first-order valence-corrected chi connectivity index (χ1v) is 7.59. The van der Waals surface area contributed by atoms with Gasteiger partial charge in [0.15, 0.2) is 0 Å². The third-order valence-electron chi connectivity index (χ3n) is 3.04. The Morgan fingerprint density at radius 1 is 1.11 bits per heavy atom. The van der Waals surface area contributed by atoms with E-state index >= 15 is 0 Å². The van der Waals surface area contributed by atoms with E-state index in [0.29, 0.717) is 12.0 Å². The summed E-state index contributed by atoms with van der Waals surface area (Å²) in [5.74, 6) is 0.325. The molecule has 2 aromatic rings. The first-order chi connectivity index (χ1) is 9.16. The van der Waals surface area contributed by atoms with Crippen molar-refractivity contribution in [1.82, 2.24) is 15.5 Å². The van der Waals surface area contributed by atoms with Crippen LogP contribution in [0.1, 0.15) is 42.3 Å². The molecule has 102 valence electrons. The predicted octanol–water partition coefficient (Wildman–Crippen LogP) is 3.23. The Hall–Kier alpha value is -1.26. The van der Waals surface area contributed by atoms with Crippen molar-refractivity contribution in [3.8, 4) is 0 Å². The minimum Gasteiger partial charge on any atom is -0.314 e. The standard InChI is InChI=1S/C15H21N3S/c1-11(2)16-10-9-14-17-18-15(19-14)12(3)13-7-5-4-6-8-13/h4-8,11-12,16H,9-10H2,1-3H3. The topological polar surface area (TPSA) is 37.8 Å². The molecule has 0 saturated heterocycles. The van der Waals surface area contributed by atoms with Crippen LogP contribution in [0.3, 0.4) is 0 Å². The van der Waals surface area contributed by atoms with Gasteiger partial charge in [-0.2, -0.15) is 0 Å². The molecule has 1 unspecified atom stereocenters. The van der Waals surface area contributed by atoms with Crippen LogP contribution >= 0.6 is 11.3 Å². The van der Waals surface area contributed by atoms with Crippen molar-refractivity contribution in [2.45, 2.75) is 39.2 Å². The minimum atomic E-state index is 0.325. The molecule has 0 aliphatic carbocycles. The zero-order valence-electron chi connectivity index (χ0n) is 11.8. The van der Waals surface area contributed by atoms with Crippen LogP contribution in [-0.4, -0.2) is 22.8 Å². The second kappa shape index (κ2) is 6.78. The molecule has 1 aromatic heterocycles. The summed E-state index contributed by atoms with van der Waals surface area (Å²) in [6.07, 6.45) is 0.956. The Kier molecular flexibility index (Phi) is 5.05. The summed E-state index contributed by atoms with van der Waals surface area (Å²) < 4.78 is 0. The lowest BCUT2D eigenvalue weighted by Crippen LogP contribution is -2.24. The van der Waals surface area contributed by atoms with Crippen molar-refractivity contribution in [2.24, 2.45) is 0 Å². The van der Waals surface area contributed by atoms with Gasteiger partial charge >= 0.3 is 0 Å². The van der Waals surface area contributed by atoms with Gasteiger partial charge in [0.2, 0.25) is 0 Å². The molecule has 0 radical (unpaired) electrons. The number of hydrogen-bond donors (Lipinski definition) is 1. The summed E-state index contributed by atoms with van der Waals surface area (Å²) >= 11 is 1.73. The van der Waals surface area contributed by atoms with Crippen molar-refractivity contribution in [2.75, 3.05) is 6.54 Å². The monoisotopic (exact) mass is 275 g/mol. The van der Waals surface area contributed by atoms with E-state index in [9.17, 15) is 0 Å². The second-order valence-electron chi connectivity index (χ2n) is 5.03. The fourth-order valence-corrected chi connectivity index (χ4v) is 2.82. The van der Waals surface area contributed by atoms with E-state index in [4.69, 9.17) is 0 Å². The van der Waals surface area contributed by atoms with E-state index in [1.165, 1.54) is 5.56 Å². The summed E-state index contributed by atoms with van der Waals surface area (Å²) in [5.41, 5.74) is 1.30. The molecule has 0 aliphatic heterocycles. The molecule has 1 N–H and O–H groups in total. The van der Waals surface area contributed by atoms with Gasteiger partial charge < -0.3 is 5.32 Å². The van der Waals surface area contributed by atoms with Gasteiger partial charge in [-0.3, -0.25) is 0 Å². The Labute approximate surface area is 119 Å². The number of aromatic nitrogens is 2. The fourth-order valence-electron chi connectivity index (χ4n) is 1.89. The molecule has 19 heavy (non-hydrogen) atoms.